The zero-order valence-corrected chi connectivity index (χ0v) is 19.3. The third kappa shape index (κ3) is 8.87. The van der Waals surface area contributed by atoms with Crippen molar-refractivity contribution in [3.05, 3.63) is 30.3 Å². The first-order valence-electron chi connectivity index (χ1n) is 9.92. The molecule has 1 amide bonds. The third-order valence-electron chi connectivity index (χ3n) is 5.36. The van der Waals surface area contributed by atoms with Crippen molar-refractivity contribution >= 4 is 48.8 Å². The summed E-state index contributed by atoms with van der Waals surface area (Å²) in [5.74, 6) is 0.0254. The quantitative estimate of drug-likeness (QED) is 0.572. The van der Waals surface area contributed by atoms with Gasteiger partial charge in [0.25, 0.3) is 0 Å². The Morgan fingerprint density at radius 1 is 1.03 bits per heavy atom. The fourth-order valence-electron chi connectivity index (χ4n) is 3.73. The molecular formula is C20H35Cl3N4O2. The van der Waals surface area contributed by atoms with Crippen LogP contribution in [0, 0.1) is 0 Å². The van der Waals surface area contributed by atoms with Crippen LogP contribution in [0.15, 0.2) is 30.3 Å². The molecule has 0 saturated carbocycles. The summed E-state index contributed by atoms with van der Waals surface area (Å²) >= 11 is 0. The number of ether oxygens (including phenoxy) is 1. The molecule has 168 valence electrons. The topological polar surface area (TPSA) is 70.8 Å². The van der Waals surface area contributed by atoms with E-state index in [9.17, 15) is 4.79 Å². The number of benzene rings is 1. The fraction of sp³-hybridized carbons (Fsp3) is 0.650. The Kier molecular flexibility index (Phi) is 14.7. The van der Waals surface area contributed by atoms with Gasteiger partial charge in [0.1, 0.15) is 6.10 Å². The number of hydrogen-bond acceptors (Lipinski definition) is 5. The first-order chi connectivity index (χ1) is 12.8. The Labute approximate surface area is 193 Å². The van der Waals surface area contributed by atoms with E-state index in [1.54, 1.807) is 0 Å². The van der Waals surface area contributed by atoms with Crippen LogP contribution < -0.4 is 16.0 Å². The smallest absolute Gasteiger partial charge is 0.249 e. The average molecular weight is 470 g/mol. The maximum atomic E-state index is 12.0. The second kappa shape index (κ2) is 15.1. The number of halogens is 3. The predicted octanol–water partition coefficient (Wildman–Crippen LogP) is 2.48. The molecule has 0 aromatic heterocycles. The summed E-state index contributed by atoms with van der Waals surface area (Å²) in [6.07, 6.45) is 3.57. The molecule has 1 aromatic carbocycles. The minimum atomic E-state index is -0.297. The van der Waals surface area contributed by atoms with Gasteiger partial charge in [-0.15, -0.1) is 37.2 Å². The molecule has 2 saturated heterocycles. The molecule has 3 N–H and O–H groups in total. The number of nitrogens with one attached hydrogen (secondary N) is 1. The highest BCUT2D eigenvalue weighted by Crippen LogP contribution is 2.19. The number of amides is 1. The highest BCUT2D eigenvalue weighted by molar-refractivity contribution is 5.86. The van der Waals surface area contributed by atoms with Gasteiger partial charge in [0.15, 0.2) is 0 Å². The van der Waals surface area contributed by atoms with Crippen molar-refractivity contribution in [2.24, 2.45) is 5.73 Å². The molecule has 0 radical (unpaired) electrons. The predicted molar refractivity (Wildman–Crippen MR) is 126 cm³/mol. The summed E-state index contributed by atoms with van der Waals surface area (Å²) in [5.41, 5.74) is 6.90. The van der Waals surface area contributed by atoms with E-state index in [1.165, 1.54) is 5.69 Å². The van der Waals surface area contributed by atoms with Crippen molar-refractivity contribution in [1.29, 1.82) is 0 Å². The van der Waals surface area contributed by atoms with Gasteiger partial charge in [0, 0.05) is 45.0 Å². The molecule has 2 fully saturated rings. The summed E-state index contributed by atoms with van der Waals surface area (Å²) in [4.78, 5) is 17.0. The SMILES string of the molecule is Cl.Cl.Cl.NC[C@H]1CC[C@@H](C(=O)NCCCCN2CCN(c3ccccc3)CC2)O1. The van der Waals surface area contributed by atoms with E-state index in [0.717, 1.165) is 65.0 Å². The number of unbranched alkanes of at least 4 members (excludes halogenated alkanes) is 1. The standard InChI is InChI=1S/C20H32N4O2.3ClH/c21-16-18-8-9-19(26-18)20(25)22-10-4-5-11-23-12-14-24(15-13-23)17-6-2-1-3-7-17;;;/h1-3,6-7,18-19H,4-5,8-16,21H2,(H,22,25);3*1H/t18-,19+;;;/m1.../s1. The lowest BCUT2D eigenvalue weighted by atomic mass is 10.2. The van der Waals surface area contributed by atoms with Crippen molar-refractivity contribution in [1.82, 2.24) is 10.2 Å². The van der Waals surface area contributed by atoms with E-state index >= 15 is 0 Å². The number of piperazine rings is 1. The number of carbonyl (C=O) groups is 1. The Morgan fingerprint density at radius 2 is 1.72 bits per heavy atom. The number of nitrogens with zero attached hydrogens (tertiary/aromatic N) is 2. The third-order valence-corrected chi connectivity index (χ3v) is 5.36. The molecule has 2 aliphatic heterocycles. The van der Waals surface area contributed by atoms with Crippen LogP contribution in [0.3, 0.4) is 0 Å². The lowest BCUT2D eigenvalue weighted by Gasteiger charge is -2.36. The van der Waals surface area contributed by atoms with Gasteiger partial charge in [-0.25, -0.2) is 0 Å². The minimum absolute atomic E-state index is 0. The molecule has 0 bridgehead atoms. The molecule has 0 unspecified atom stereocenters. The van der Waals surface area contributed by atoms with Gasteiger partial charge < -0.3 is 20.7 Å². The van der Waals surface area contributed by atoms with Crippen LogP contribution in [0.25, 0.3) is 0 Å². The van der Waals surface area contributed by atoms with Crippen LogP contribution >= 0.6 is 37.2 Å². The normalized spacial score (nSPS) is 21.5. The van der Waals surface area contributed by atoms with Gasteiger partial charge in [0.05, 0.1) is 6.10 Å². The molecule has 0 spiro atoms. The molecule has 2 atom stereocenters. The Balaban J connectivity index is 0.00000261. The number of anilines is 1. The van der Waals surface area contributed by atoms with Crippen LogP contribution in [0.4, 0.5) is 5.69 Å². The zero-order chi connectivity index (χ0) is 18.2. The number of rotatable bonds is 8. The van der Waals surface area contributed by atoms with Crippen molar-refractivity contribution in [2.75, 3.05) is 50.7 Å². The Morgan fingerprint density at radius 3 is 2.34 bits per heavy atom. The molecule has 9 heteroatoms. The van der Waals surface area contributed by atoms with E-state index in [2.05, 4.69) is 45.4 Å². The first-order valence-corrected chi connectivity index (χ1v) is 9.92. The second-order valence-electron chi connectivity index (χ2n) is 7.22. The summed E-state index contributed by atoms with van der Waals surface area (Å²) in [6, 6.07) is 10.6. The van der Waals surface area contributed by atoms with Crippen LogP contribution in [-0.2, 0) is 9.53 Å². The number of carbonyl (C=O) groups excluding carboxylic acids is 1. The average Bonchev–Trinajstić information content (AvgIpc) is 3.18. The van der Waals surface area contributed by atoms with Crippen LogP contribution in [0.5, 0.6) is 0 Å². The Bertz CT molecular complexity index is 560. The summed E-state index contributed by atoms with van der Waals surface area (Å²) in [5, 5.41) is 3.00. The van der Waals surface area contributed by atoms with E-state index in [1.807, 2.05) is 0 Å². The monoisotopic (exact) mass is 468 g/mol. The van der Waals surface area contributed by atoms with Gasteiger partial charge in [-0.2, -0.15) is 0 Å². The fourth-order valence-corrected chi connectivity index (χ4v) is 3.73. The highest BCUT2D eigenvalue weighted by Gasteiger charge is 2.29. The molecule has 6 nitrogen and oxygen atoms in total. The summed E-state index contributed by atoms with van der Waals surface area (Å²) < 4.78 is 5.62. The van der Waals surface area contributed by atoms with Gasteiger partial charge in [-0.1, -0.05) is 18.2 Å². The van der Waals surface area contributed by atoms with Gasteiger partial charge in [-0.3, -0.25) is 9.69 Å². The number of hydrogen-bond donors (Lipinski definition) is 2. The Hall–Kier alpha value is -0.760. The van der Waals surface area contributed by atoms with Gasteiger partial charge in [0.2, 0.25) is 5.91 Å². The van der Waals surface area contributed by atoms with Crippen molar-refractivity contribution < 1.29 is 9.53 Å². The molecule has 3 rings (SSSR count). The van der Waals surface area contributed by atoms with E-state index in [0.29, 0.717) is 6.54 Å². The number of para-hydroxylation sites is 1. The lowest BCUT2D eigenvalue weighted by molar-refractivity contribution is -0.131. The molecule has 1 aromatic rings. The molecule has 2 aliphatic rings. The maximum Gasteiger partial charge on any atom is 0.249 e. The highest BCUT2D eigenvalue weighted by atomic mass is 35.5. The molecule has 0 aliphatic carbocycles. The molecular weight excluding hydrogens is 435 g/mol. The van der Waals surface area contributed by atoms with Crippen LogP contribution in [-0.4, -0.2) is 68.8 Å². The minimum Gasteiger partial charge on any atom is -0.369 e. The van der Waals surface area contributed by atoms with Crippen molar-refractivity contribution in [3.8, 4) is 0 Å². The molecule has 2 heterocycles. The van der Waals surface area contributed by atoms with Crippen molar-refractivity contribution in [3.63, 3.8) is 0 Å². The van der Waals surface area contributed by atoms with E-state index in [-0.39, 0.29) is 55.3 Å². The van der Waals surface area contributed by atoms with Gasteiger partial charge in [-0.05, 0) is 44.4 Å². The first kappa shape index (κ1) is 28.2. The summed E-state index contributed by atoms with van der Waals surface area (Å²) in [6.45, 7) is 6.73. The van der Waals surface area contributed by atoms with E-state index < -0.39 is 0 Å². The number of nitrogens with two attached hydrogens (primary N) is 1. The van der Waals surface area contributed by atoms with Crippen LogP contribution in [0.1, 0.15) is 25.7 Å². The second-order valence-corrected chi connectivity index (χ2v) is 7.22. The lowest BCUT2D eigenvalue weighted by Crippen LogP contribution is -2.46. The van der Waals surface area contributed by atoms with Gasteiger partial charge >= 0.3 is 0 Å². The van der Waals surface area contributed by atoms with E-state index in [4.69, 9.17) is 10.5 Å². The van der Waals surface area contributed by atoms with Crippen LogP contribution in [0.2, 0.25) is 0 Å². The molecule has 29 heavy (non-hydrogen) atoms. The zero-order valence-electron chi connectivity index (χ0n) is 16.8. The largest absolute Gasteiger partial charge is 0.369 e. The summed E-state index contributed by atoms with van der Waals surface area (Å²) in [7, 11) is 0. The van der Waals surface area contributed by atoms with Crippen molar-refractivity contribution in [2.45, 2.75) is 37.9 Å². The maximum absolute atomic E-state index is 12.0.